The fourth-order valence-electron chi connectivity index (χ4n) is 1.80. The Morgan fingerprint density at radius 3 is 2.63 bits per heavy atom. The Morgan fingerprint density at radius 2 is 1.89 bits per heavy atom. The van der Waals surface area contributed by atoms with Crippen molar-refractivity contribution in [2.45, 2.75) is 20.8 Å². The highest BCUT2D eigenvalue weighted by molar-refractivity contribution is 5.78. The number of nitrogen functional groups attached to an aromatic ring is 1. The fraction of sp³-hybridized carbons (Fsp3) is 0.286. The van der Waals surface area contributed by atoms with Gasteiger partial charge in [0.2, 0.25) is 0 Å². The molecule has 1 aromatic carbocycles. The number of nitrogens with one attached hydrogen (secondary N) is 2. The molecule has 1 aromatic heterocycles. The normalized spacial score (nSPS) is 10.3. The molecule has 0 aliphatic heterocycles. The number of nitrogens with two attached hydrogens (primary N) is 1. The fourth-order valence-corrected chi connectivity index (χ4v) is 1.80. The molecule has 0 spiro atoms. The molecule has 100 valence electrons. The van der Waals surface area contributed by atoms with Crippen molar-refractivity contribution in [1.82, 2.24) is 9.97 Å². The van der Waals surface area contributed by atoms with Crippen LogP contribution in [0.15, 0.2) is 24.5 Å². The summed E-state index contributed by atoms with van der Waals surface area (Å²) in [7, 11) is 0. The standard InChI is InChI=1S/C14H19N5/c1-4-16-13-12(15)14(18-8-17-13)19-11-7-9(2)5-6-10(11)3/h5-8H,4,15H2,1-3H3,(H2,16,17,18,19). The van der Waals surface area contributed by atoms with Crippen LogP contribution >= 0.6 is 0 Å². The van der Waals surface area contributed by atoms with Gasteiger partial charge in [-0.05, 0) is 38.0 Å². The summed E-state index contributed by atoms with van der Waals surface area (Å²) in [6, 6.07) is 6.22. The molecule has 2 rings (SSSR count). The number of aryl methyl sites for hydroxylation is 2. The maximum atomic E-state index is 6.06. The molecule has 0 saturated heterocycles. The monoisotopic (exact) mass is 257 g/mol. The molecular weight excluding hydrogens is 238 g/mol. The van der Waals surface area contributed by atoms with Crippen molar-refractivity contribution >= 4 is 23.0 Å². The Balaban J connectivity index is 2.33. The van der Waals surface area contributed by atoms with Crippen molar-refractivity contribution in [2.24, 2.45) is 0 Å². The molecule has 0 fully saturated rings. The van der Waals surface area contributed by atoms with E-state index in [1.807, 2.05) is 13.8 Å². The van der Waals surface area contributed by atoms with Gasteiger partial charge in [0.15, 0.2) is 11.6 Å². The van der Waals surface area contributed by atoms with Crippen molar-refractivity contribution in [3.63, 3.8) is 0 Å². The van der Waals surface area contributed by atoms with Crippen LogP contribution in [0.4, 0.5) is 23.0 Å². The maximum Gasteiger partial charge on any atom is 0.159 e. The third-order valence-corrected chi connectivity index (χ3v) is 2.87. The third-order valence-electron chi connectivity index (χ3n) is 2.87. The number of hydrogen-bond donors (Lipinski definition) is 3. The molecule has 0 amide bonds. The van der Waals surface area contributed by atoms with Gasteiger partial charge in [-0.3, -0.25) is 0 Å². The summed E-state index contributed by atoms with van der Waals surface area (Å²) in [5.74, 6) is 1.28. The lowest BCUT2D eigenvalue weighted by atomic mass is 10.1. The topological polar surface area (TPSA) is 75.9 Å². The van der Waals surface area contributed by atoms with Gasteiger partial charge in [-0.2, -0.15) is 0 Å². The van der Waals surface area contributed by atoms with Crippen LogP contribution in [0.3, 0.4) is 0 Å². The second kappa shape index (κ2) is 5.56. The predicted octanol–water partition coefficient (Wildman–Crippen LogP) is 2.85. The summed E-state index contributed by atoms with van der Waals surface area (Å²) < 4.78 is 0. The van der Waals surface area contributed by atoms with E-state index in [-0.39, 0.29) is 0 Å². The van der Waals surface area contributed by atoms with Crippen LogP contribution in [0, 0.1) is 13.8 Å². The zero-order valence-corrected chi connectivity index (χ0v) is 11.5. The molecule has 5 heteroatoms. The zero-order chi connectivity index (χ0) is 13.8. The minimum Gasteiger partial charge on any atom is -0.393 e. The quantitative estimate of drug-likeness (QED) is 0.785. The van der Waals surface area contributed by atoms with Crippen molar-refractivity contribution < 1.29 is 0 Å². The summed E-state index contributed by atoms with van der Waals surface area (Å²) in [6.45, 7) is 6.87. The first-order valence-corrected chi connectivity index (χ1v) is 6.30. The number of nitrogens with zero attached hydrogens (tertiary/aromatic N) is 2. The van der Waals surface area contributed by atoms with Crippen LogP contribution in [0.2, 0.25) is 0 Å². The van der Waals surface area contributed by atoms with Gasteiger partial charge in [0, 0.05) is 12.2 Å². The molecule has 0 aliphatic carbocycles. The highest BCUT2D eigenvalue weighted by atomic mass is 15.1. The number of benzene rings is 1. The maximum absolute atomic E-state index is 6.06. The lowest BCUT2D eigenvalue weighted by Crippen LogP contribution is -2.07. The highest BCUT2D eigenvalue weighted by Crippen LogP contribution is 2.27. The van der Waals surface area contributed by atoms with Crippen LogP contribution in [0.1, 0.15) is 18.1 Å². The summed E-state index contributed by atoms with van der Waals surface area (Å²) in [4.78, 5) is 8.32. The van der Waals surface area contributed by atoms with Crippen LogP contribution in [-0.4, -0.2) is 16.5 Å². The van der Waals surface area contributed by atoms with Gasteiger partial charge in [-0.1, -0.05) is 12.1 Å². The van der Waals surface area contributed by atoms with E-state index in [0.29, 0.717) is 17.3 Å². The smallest absolute Gasteiger partial charge is 0.159 e. The van der Waals surface area contributed by atoms with E-state index in [0.717, 1.165) is 17.8 Å². The van der Waals surface area contributed by atoms with E-state index in [9.17, 15) is 0 Å². The van der Waals surface area contributed by atoms with Gasteiger partial charge < -0.3 is 16.4 Å². The van der Waals surface area contributed by atoms with E-state index >= 15 is 0 Å². The third kappa shape index (κ3) is 2.93. The van der Waals surface area contributed by atoms with E-state index in [4.69, 9.17) is 5.73 Å². The SMILES string of the molecule is CCNc1ncnc(Nc2cc(C)ccc2C)c1N. The summed E-state index contributed by atoms with van der Waals surface area (Å²) >= 11 is 0. The minimum absolute atomic E-state index is 0.533. The van der Waals surface area contributed by atoms with E-state index in [1.165, 1.54) is 11.9 Å². The molecule has 2 aromatic rings. The first-order chi connectivity index (χ1) is 9.11. The first kappa shape index (κ1) is 13.1. The number of anilines is 4. The molecule has 0 aliphatic rings. The summed E-state index contributed by atoms with van der Waals surface area (Å²) in [6.07, 6.45) is 1.50. The van der Waals surface area contributed by atoms with Crippen LogP contribution in [-0.2, 0) is 0 Å². The Hall–Kier alpha value is -2.30. The molecule has 1 heterocycles. The van der Waals surface area contributed by atoms with Gasteiger partial charge >= 0.3 is 0 Å². The second-order valence-corrected chi connectivity index (χ2v) is 4.46. The zero-order valence-electron chi connectivity index (χ0n) is 11.5. The number of rotatable bonds is 4. The van der Waals surface area contributed by atoms with Crippen molar-refractivity contribution in [1.29, 1.82) is 0 Å². The molecule has 0 atom stereocenters. The van der Waals surface area contributed by atoms with Gasteiger partial charge in [0.25, 0.3) is 0 Å². The van der Waals surface area contributed by atoms with Crippen LogP contribution in [0.5, 0.6) is 0 Å². The first-order valence-electron chi connectivity index (χ1n) is 6.30. The highest BCUT2D eigenvalue weighted by Gasteiger charge is 2.08. The molecule has 5 nitrogen and oxygen atoms in total. The van der Waals surface area contributed by atoms with E-state index in [2.05, 4.69) is 45.7 Å². The predicted molar refractivity (Wildman–Crippen MR) is 79.8 cm³/mol. The molecule has 0 unspecified atom stereocenters. The van der Waals surface area contributed by atoms with E-state index in [1.54, 1.807) is 0 Å². The average molecular weight is 257 g/mol. The molecule has 0 saturated carbocycles. The Kier molecular flexibility index (Phi) is 3.85. The lowest BCUT2D eigenvalue weighted by molar-refractivity contribution is 1.11. The van der Waals surface area contributed by atoms with Crippen molar-refractivity contribution in [2.75, 3.05) is 22.9 Å². The Bertz CT molecular complexity index is 580. The summed E-state index contributed by atoms with van der Waals surface area (Å²) in [5, 5.41) is 6.38. The largest absolute Gasteiger partial charge is 0.393 e. The van der Waals surface area contributed by atoms with Crippen molar-refractivity contribution in [3.8, 4) is 0 Å². The lowest BCUT2D eigenvalue weighted by Gasteiger charge is -2.13. The van der Waals surface area contributed by atoms with Gasteiger partial charge in [0.05, 0.1) is 0 Å². The molecule has 4 N–H and O–H groups in total. The van der Waals surface area contributed by atoms with Crippen molar-refractivity contribution in [3.05, 3.63) is 35.7 Å². The number of hydrogen-bond acceptors (Lipinski definition) is 5. The minimum atomic E-state index is 0.533. The molecular formula is C14H19N5. The van der Waals surface area contributed by atoms with Gasteiger partial charge in [-0.25, -0.2) is 9.97 Å². The van der Waals surface area contributed by atoms with Crippen LogP contribution in [0.25, 0.3) is 0 Å². The molecule has 19 heavy (non-hydrogen) atoms. The Labute approximate surface area is 113 Å². The summed E-state index contributed by atoms with van der Waals surface area (Å²) in [5.41, 5.74) is 9.93. The second-order valence-electron chi connectivity index (χ2n) is 4.46. The van der Waals surface area contributed by atoms with Crippen LogP contribution < -0.4 is 16.4 Å². The molecule has 0 radical (unpaired) electrons. The van der Waals surface area contributed by atoms with E-state index < -0.39 is 0 Å². The van der Waals surface area contributed by atoms with Gasteiger partial charge in [0.1, 0.15) is 12.0 Å². The average Bonchev–Trinajstić information content (AvgIpc) is 2.39. The molecule has 0 bridgehead atoms. The number of aromatic nitrogens is 2. The van der Waals surface area contributed by atoms with Gasteiger partial charge in [-0.15, -0.1) is 0 Å². The Morgan fingerprint density at radius 1 is 1.16 bits per heavy atom.